The van der Waals surface area contributed by atoms with Crippen LogP contribution in [0.3, 0.4) is 0 Å². The average Bonchev–Trinajstić information content (AvgIpc) is 2.67. The first kappa shape index (κ1) is 20.0. The summed E-state index contributed by atoms with van der Waals surface area (Å²) in [7, 11) is 0. The van der Waals surface area contributed by atoms with Crippen LogP contribution in [-0.2, 0) is 17.8 Å². The molecule has 0 radical (unpaired) electrons. The van der Waals surface area contributed by atoms with Crippen molar-refractivity contribution in [3.63, 3.8) is 0 Å². The van der Waals surface area contributed by atoms with Crippen molar-refractivity contribution in [2.24, 2.45) is 0 Å². The van der Waals surface area contributed by atoms with Gasteiger partial charge in [-0.1, -0.05) is 13.0 Å². The van der Waals surface area contributed by atoms with Crippen LogP contribution in [0, 0.1) is 0 Å². The Morgan fingerprint density at radius 1 is 1.21 bits per heavy atom. The molecule has 150 valence electrons. The highest BCUT2D eigenvalue weighted by molar-refractivity contribution is 5.91. The van der Waals surface area contributed by atoms with Gasteiger partial charge in [0, 0.05) is 38.4 Å². The molecular weight excluding hydrogens is 358 g/mol. The Morgan fingerprint density at radius 3 is 2.61 bits per heavy atom. The Bertz CT molecular complexity index is 855. The molecule has 1 fully saturated rings. The van der Waals surface area contributed by atoms with Crippen LogP contribution in [0.25, 0.3) is 0 Å². The maximum atomic E-state index is 12.3. The lowest BCUT2D eigenvalue weighted by Gasteiger charge is -2.36. The summed E-state index contributed by atoms with van der Waals surface area (Å²) in [4.78, 5) is 30.8. The number of rotatable bonds is 6. The molecule has 2 atom stereocenters. The summed E-state index contributed by atoms with van der Waals surface area (Å²) in [5.41, 5.74) is 0.923. The maximum absolute atomic E-state index is 12.3. The van der Waals surface area contributed by atoms with Gasteiger partial charge in [0.2, 0.25) is 0 Å². The molecule has 0 saturated carbocycles. The first-order valence-corrected chi connectivity index (χ1v) is 9.68. The molecule has 2 aromatic rings. The summed E-state index contributed by atoms with van der Waals surface area (Å²) in [5.74, 6) is 0.593. The van der Waals surface area contributed by atoms with Crippen molar-refractivity contribution in [2.75, 3.05) is 18.0 Å². The number of carbonyl (C=O) groups is 1. The van der Waals surface area contributed by atoms with E-state index in [2.05, 4.69) is 34.1 Å². The number of nitrogens with one attached hydrogen (secondary N) is 1. The van der Waals surface area contributed by atoms with Crippen LogP contribution >= 0.6 is 0 Å². The van der Waals surface area contributed by atoms with E-state index in [0.717, 1.165) is 30.9 Å². The molecule has 3 heterocycles. The molecule has 3 rings (SSSR count). The predicted octanol–water partition coefficient (Wildman–Crippen LogP) is 1.59. The van der Waals surface area contributed by atoms with Gasteiger partial charge in [-0.2, -0.15) is 5.10 Å². The molecule has 8 nitrogen and oxygen atoms in total. The van der Waals surface area contributed by atoms with E-state index in [-0.39, 0.29) is 29.4 Å². The quantitative estimate of drug-likeness (QED) is 0.812. The van der Waals surface area contributed by atoms with Crippen molar-refractivity contribution in [2.45, 2.75) is 52.5 Å². The minimum Gasteiger partial charge on any atom is -0.372 e. The van der Waals surface area contributed by atoms with Gasteiger partial charge in [-0.15, -0.1) is 0 Å². The Balaban J connectivity index is 1.59. The molecule has 8 heteroatoms. The largest absolute Gasteiger partial charge is 0.372 e. The van der Waals surface area contributed by atoms with E-state index in [1.807, 2.05) is 19.1 Å². The fourth-order valence-electron chi connectivity index (χ4n) is 3.29. The zero-order chi connectivity index (χ0) is 20.1. The van der Waals surface area contributed by atoms with E-state index in [9.17, 15) is 9.59 Å². The van der Waals surface area contributed by atoms with E-state index in [0.29, 0.717) is 13.1 Å². The lowest BCUT2D eigenvalue weighted by molar-refractivity contribution is -0.00546. The Hall–Kier alpha value is -2.74. The van der Waals surface area contributed by atoms with Crippen LogP contribution in [0.1, 0.15) is 43.2 Å². The van der Waals surface area contributed by atoms with Gasteiger partial charge in [0.25, 0.3) is 11.5 Å². The highest BCUT2D eigenvalue weighted by Crippen LogP contribution is 2.18. The van der Waals surface area contributed by atoms with E-state index >= 15 is 0 Å². The van der Waals surface area contributed by atoms with Crippen LogP contribution in [0.4, 0.5) is 5.82 Å². The van der Waals surface area contributed by atoms with Crippen LogP contribution in [0.5, 0.6) is 0 Å². The number of amides is 1. The van der Waals surface area contributed by atoms with Crippen molar-refractivity contribution in [1.82, 2.24) is 20.1 Å². The summed E-state index contributed by atoms with van der Waals surface area (Å²) < 4.78 is 7.07. The van der Waals surface area contributed by atoms with E-state index in [1.165, 1.54) is 16.8 Å². The average molecular weight is 385 g/mol. The first-order chi connectivity index (χ1) is 13.5. The van der Waals surface area contributed by atoms with Gasteiger partial charge in [0.15, 0.2) is 0 Å². The summed E-state index contributed by atoms with van der Waals surface area (Å²) in [5, 5.41) is 6.95. The van der Waals surface area contributed by atoms with Gasteiger partial charge >= 0.3 is 0 Å². The monoisotopic (exact) mass is 385 g/mol. The number of morpholine rings is 1. The molecule has 2 aromatic heterocycles. The van der Waals surface area contributed by atoms with Gasteiger partial charge in [0.1, 0.15) is 11.5 Å². The third-order valence-electron chi connectivity index (χ3n) is 4.54. The van der Waals surface area contributed by atoms with Crippen LogP contribution in [-0.4, -0.2) is 46.0 Å². The smallest absolute Gasteiger partial charge is 0.271 e. The number of aryl methyl sites for hydroxylation is 1. The molecule has 1 N–H and O–H groups in total. The normalized spacial score (nSPS) is 19.5. The molecule has 0 unspecified atom stereocenters. The zero-order valence-electron chi connectivity index (χ0n) is 16.6. The molecule has 0 bridgehead atoms. The van der Waals surface area contributed by atoms with Gasteiger partial charge in [-0.3, -0.25) is 9.59 Å². The highest BCUT2D eigenvalue weighted by Gasteiger charge is 2.23. The highest BCUT2D eigenvalue weighted by atomic mass is 16.5. The standard InChI is InChI=1S/C20H27N5O3/c1-4-9-25-19(26)8-6-17(23-25)20(27)22-11-16-5-7-18(21-10-16)24-12-14(2)28-15(3)13-24/h5-8,10,14-15H,4,9,11-13H2,1-3H3,(H,22,27)/t14-,15+. The minimum atomic E-state index is -0.315. The Kier molecular flexibility index (Phi) is 6.41. The molecule has 0 spiro atoms. The van der Waals surface area contributed by atoms with Crippen molar-refractivity contribution in [3.8, 4) is 0 Å². The number of hydrogen-bond acceptors (Lipinski definition) is 6. The van der Waals surface area contributed by atoms with Gasteiger partial charge in [-0.25, -0.2) is 9.67 Å². The predicted molar refractivity (Wildman–Crippen MR) is 106 cm³/mol. The number of carbonyl (C=O) groups excluding carboxylic acids is 1. The first-order valence-electron chi connectivity index (χ1n) is 9.68. The SMILES string of the molecule is CCCn1nc(C(=O)NCc2ccc(N3C[C@@H](C)O[C@@H](C)C3)nc2)ccc1=O. The van der Waals surface area contributed by atoms with Crippen molar-refractivity contribution >= 4 is 11.7 Å². The zero-order valence-corrected chi connectivity index (χ0v) is 16.6. The number of anilines is 1. The number of ether oxygens (including phenoxy) is 1. The fourth-order valence-corrected chi connectivity index (χ4v) is 3.29. The second-order valence-electron chi connectivity index (χ2n) is 7.15. The second-order valence-corrected chi connectivity index (χ2v) is 7.15. The topological polar surface area (TPSA) is 89.3 Å². The van der Waals surface area contributed by atoms with Gasteiger partial charge < -0.3 is 15.0 Å². The summed E-state index contributed by atoms with van der Waals surface area (Å²) in [6, 6.07) is 6.74. The van der Waals surface area contributed by atoms with Crippen LogP contribution < -0.4 is 15.8 Å². The van der Waals surface area contributed by atoms with Crippen LogP contribution in [0.2, 0.25) is 0 Å². The molecule has 1 aliphatic rings. The summed E-state index contributed by atoms with van der Waals surface area (Å²) >= 11 is 0. The third kappa shape index (κ3) is 4.95. The van der Waals surface area contributed by atoms with E-state index in [4.69, 9.17) is 4.74 Å². The van der Waals surface area contributed by atoms with Gasteiger partial charge in [-0.05, 0) is 38.0 Å². The Morgan fingerprint density at radius 2 is 1.96 bits per heavy atom. The van der Waals surface area contributed by atoms with Crippen molar-refractivity contribution < 1.29 is 9.53 Å². The fraction of sp³-hybridized carbons (Fsp3) is 0.500. The second kappa shape index (κ2) is 8.97. The maximum Gasteiger partial charge on any atom is 0.271 e. The van der Waals surface area contributed by atoms with E-state index in [1.54, 1.807) is 6.20 Å². The lowest BCUT2D eigenvalue weighted by atomic mass is 10.2. The van der Waals surface area contributed by atoms with Crippen molar-refractivity contribution in [1.29, 1.82) is 0 Å². The van der Waals surface area contributed by atoms with Crippen LogP contribution in [0.15, 0.2) is 35.3 Å². The molecule has 1 saturated heterocycles. The molecule has 1 amide bonds. The third-order valence-corrected chi connectivity index (χ3v) is 4.54. The number of pyridine rings is 1. The minimum absolute atomic E-state index is 0.174. The summed E-state index contributed by atoms with van der Waals surface area (Å²) in [6.45, 7) is 8.53. The molecule has 0 aliphatic carbocycles. The number of nitrogens with zero attached hydrogens (tertiary/aromatic N) is 4. The van der Waals surface area contributed by atoms with Crippen molar-refractivity contribution in [3.05, 3.63) is 52.1 Å². The molecule has 28 heavy (non-hydrogen) atoms. The molecular formula is C20H27N5O3. The number of hydrogen-bond donors (Lipinski definition) is 1. The lowest BCUT2D eigenvalue weighted by Crippen LogP contribution is -2.45. The van der Waals surface area contributed by atoms with Gasteiger partial charge in [0.05, 0.1) is 12.2 Å². The Labute approximate surface area is 164 Å². The molecule has 1 aliphatic heterocycles. The molecule has 0 aromatic carbocycles. The number of aromatic nitrogens is 3. The summed E-state index contributed by atoms with van der Waals surface area (Å²) in [6.07, 6.45) is 2.89. The van der Waals surface area contributed by atoms with E-state index < -0.39 is 0 Å².